The van der Waals surface area contributed by atoms with Crippen molar-refractivity contribution in [1.29, 1.82) is 5.41 Å². The molecule has 10 heavy (non-hydrogen) atoms. The van der Waals surface area contributed by atoms with Crippen LogP contribution in [0.5, 0.6) is 0 Å². The molecule has 2 heteroatoms. The van der Waals surface area contributed by atoms with Crippen LogP contribution in [0.2, 0.25) is 0 Å². The number of nitrogens with one attached hydrogen (secondary N) is 1. The lowest BCUT2D eigenvalue weighted by Crippen LogP contribution is -1.84. The van der Waals surface area contributed by atoms with Crippen LogP contribution in [0, 0.1) is 5.41 Å². The summed E-state index contributed by atoms with van der Waals surface area (Å²) in [6.07, 6.45) is 6.17. The Labute approximate surface area is 61.3 Å². The number of hydrogen-bond acceptors (Lipinski definition) is 2. The fraction of sp³-hybridized carbons (Fsp3) is 0.125. The van der Waals surface area contributed by atoms with Crippen LogP contribution in [0.1, 0.15) is 6.92 Å². The van der Waals surface area contributed by atoms with Crippen molar-refractivity contribution >= 4 is 6.21 Å². The van der Waals surface area contributed by atoms with Gasteiger partial charge in [0.1, 0.15) is 0 Å². The topological polar surface area (TPSA) is 49.9 Å². The summed E-state index contributed by atoms with van der Waals surface area (Å²) >= 11 is 0. The summed E-state index contributed by atoms with van der Waals surface area (Å²) in [5, 5.41) is 6.86. The zero-order chi connectivity index (χ0) is 7.98. The van der Waals surface area contributed by atoms with Crippen LogP contribution in [0.15, 0.2) is 36.1 Å². The van der Waals surface area contributed by atoms with E-state index < -0.39 is 0 Å². The molecule has 0 spiro atoms. The van der Waals surface area contributed by atoms with Crippen LogP contribution in [0.4, 0.5) is 0 Å². The molecule has 0 aliphatic rings. The lowest BCUT2D eigenvalue weighted by Gasteiger charge is -1.91. The molecular weight excluding hydrogens is 124 g/mol. The van der Waals surface area contributed by atoms with Crippen molar-refractivity contribution in [2.75, 3.05) is 0 Å². The maximum atomic E-state index is 6.86. The molecule has 0 saturated heterocycles. The second-order valence-electron chi connectivity index (χ2n) is 1.90. The first-order valence-electron chi connectivity index (χ1n) is 2.97. The van der Waals surface area contributed by atoms with Gasteiger partial charge in [-0.1, -0.05) is 12.7 Å². The second kappa shape index (κ2) is 4.56. The first kappa shape index (κ1) is 8.69. The zero-order valence-electron chi connectivity index (χ0n) is 6.09. The molecule has 3 N–H and O–H groups in total. The van der Waals surface area contributed by atoms with E-state index in [9.17, 15) is 0 Å². The highest BCUT2D eigenvalue weighted by atomic mass is 14.5. The largest absolute Gasteiger partial charge is 0.404 e. The molecule has 0 aliphatic heterocycles. The third-order valence-corrected chi connectivity index (χ3v) is 1.05. The smallest absolute Gasteiger partial charge is 0.0207 e. The highest BCUT2D eigenvalue weighted by Crippen LogP contribution is 1.98. The molecule has 0 aromatic carbocycles. The summed E-state index contributed by atoms with van der Waals surface area (Å²) in [7, 11) is 0. The Balaban J connectivity index is 4.36. The third kappa shape index (κ3) is 2.87. The van der Waals surface area contributed by atoms with Gasteiger partial charge < -0.3 is 11.1 Å². The third-order valence-electron chi connectivity index (χ3n) is 1.05. The van der Waals surface area contributed by atoms with E-state index in [1.165, 1.54) is 12.4 Å². The van der Waals surface area contributed by atoms with Gasteiger partial charge in [-0.2, -0.15) is 0 Å². The molecule has 0 rings (SSSR count). The molecule has 0 aliphatic carbocycles. The first-order chi connectivity index (χ1) is 4.74. The van der Waals surface area contributed by atoms with Gasteiger partial charge in [-0.05, 0) is 24.1 Å². The predicted octanol–water partition coefficient (Wildman–Crippen LogP) is 1.61. The standard InChI is InChI=1S/C8H12N2/c1-3-8(6-10)4-7(2)5-9/h3-6,9H,1,10H2,2H3. The van der Waals surface area contributed by atoms with Crippen LogP contribution >= 0.6 is 0 Å². The Bertz CT molecular complexity index is 187. The first-order valence-corrected chi connectivity index (χ1v) is 2.97. The highest BCUT2D eigenvalue weighted by Gasteiger charge is 1.83. The molecule has 0 heterocycles. The molecule has 0 unspecified atom stereocenters. The molecule has 2 nitrogen and oxygen atoms in total. The molecule has 0 aromatic heterocycles. The van der Waals surface area contributed by atoms with E-state index in [2.05, 4.69) is 6.58 Å². The van der Waals surface area contributed by atoms with Crippen molar-refractivity contribution in [2.45, 2.75) is 6.92 Å². The van der Waals surface area contributed by atoms with Gasteiger partial charge in [-0.15, -0.1) is 0 Å². The summed E-state index contributed by atoms with van der Waals surface area (Å²) in [5.74, 6) is 0. The van der Waals surface area contributed by atoms with Gasteiger partial charge in [-0.25, -0.2) is 0 Å². The fourth-order valence-electron chi connectivity index (χ4n) is 0.480. The number of hydrogen-bond donors (Lipinski definition) is 2. The van der Waals surface area contributed by atoms with Crippen LogP contribution in [-0.4, -0.2) is 6.21 Å². The summed E-state index contributed by atoms with van der Waals surface area (Å²) in [4.78, 5) is 0. The van der Waals surface area contributed by atoms with Gasteiger partial charge in [0.25, 0.3) is 0 Å². The molecule has 0 radical (unpaired) electrons. The lowest BCUT2D eigenvalue weighted by molar-refractivity contribution is 1.46. The van der Waals surface area contributed by atoms with Gasteiger partial charge in [0.2, 0.25) is 0 Å². The summed E-state index contributed by atoms with van der Waals surface area (Å²) in [6.45, 7) is 5.38. The van der Waals surface area contributed by atoms with E-state index in [0.717, 1.165) is 11.1 Å². The average molecular weight is 136 g/mol. The Morgan fingerprint density at radius 1 is 1.60 bits per heavy atom. The van der Waals surface area contributed by atoms with Crippen LogP contribution in [0.3, 0.4) is 0 Å². The van der Waals surface area contributed by atoms with E-state index in [1.807, 2.05) is 6.92 Å². The Morgan fingerprint density at radius 2 is 2.20 bits per heavy atom. The van der Waals surface area contributed by atoms with Crippen molar-refractivity contribution in [1.82, 2.24) is 0 Å². The van der Waals surface area contributed by atoms with Gasteiger partial charge in [0.05, 0.1) is 0 Å². The van der Waals surface area contributed by atoms with E-state index in [0.29, 0.717) is 0 Å². The predicted molar refractivity (Wildman–Crippen MR) is 45.0 cm³/mol. The minimum Gasteiger partial charge on any atom is -0.404 e. The molecule has 0 atom stereocenters. The van der Waals surface area contributed by atoms with Crippen LogP contribution < -0.4 is 5.73 Å². The van der Waals surface area contributed by atoms with Crippen LogP contribution in [0.25, 0.3) is 0 Å². The molecule has 0 saturated carbocycles. The Hall–Kier alpha value is -1.31. The highest BCUT2D eigenvalue weighted by molar-refractivity contribution is 5.75. The molecule has 0 amide bonds. The van der Waals surface area contributed by atoms with Crippen molar-refractivity contribution < 1.29 is 0 Å². The maximum absolute atomic E-state index is 6.86. The normalized spacial score (nSPS) is 12.9. The minimum atomic E-state index is 0.834. The summed E-state index contributed by atoms with van der Waals surface area (Å²) in [5.41, 5.74) is 6.93. The SMILES string of the molecule is C=CC(C=C(C)C=N)=CN. The van der Waals surface area contributed by atoms with E-state index in [-0.39, 0.29) is 0 Å². The van der Waals surface area contributed by atoms with Gasteiger partial charge in [-0.3, -0.25) is 0 Å². The molecule has 54 valence electrons. The number of rotatable bonds is 3. The monoisotopic (exact) mass is 136 g/mol. The molecular formula is C8H12N2. The van der Waals surface area contributed by atoms with E-state index in [4.69, 9.17) is 11.1 Å². The van der Waals surface area contributed by atoms with Crippen LogP contribution in [-0.2, 0) is 0 Å². The minimum absolute atomic E-state index is 0.834. The van der Waals surface area contributed by atoms with E-state index >= 15 is 0 Å². The lowest BCUT2D eigenvalue weighted by atomic mass is 10.2. The van der Waals surface area contributed by atoms with Gasteiger partial charge in [0, 0.05) is 12.4 Å². The quantitative estimate of drug-likeness (QED) is 0.449. The van der Waals surface area contributed by atoms with Gasteiger partial charge in [0.15, 0.2) is 0 Å². The van der Waals surface area contributed by atoms with E-state index in [1.54, 1.807) is 12.2 Å². The summed E-state index contributed by atoms with van der Waals surface area (Å²) in [6, 6.07) is 0. The molecule has 0 aromatic rings. The maximum Gasteiger partial charge on any atom is 0.0207 e. The Kier molecular flexibility index (Phi) is 3.96. The number of allylic oxidation sites excluding steroid dienone is 4. The van der Waals surface area contributed by atoms with Gasteiger partial charge >= 0.3 is 0 Å². The fourth-order valence-corrected chi connectivity index (χ4v) is 0.480. The average Bonchev–Trinajstić information content (AvgIpc) is 1.99. The molecule has 0 bridgehead atoms. The van der Waals surface area contributed by atoms with Crippen molar-refractivity contribution in [3.8, 4) is 0 Å². The van der Waals surface area contributed by atoms with Crippen molar-refractivity contribution in [2.24, 2.45) is 5.73 Å². The Morgan fingerprint density at radius 3 is 2.50 bits per heavy atom. The van der Waals surface area contributed by atoms with Crippen molar-refractivity contribution in [3.63, 3.8) is 0 Å². The molecule has 0 fully saturated rings. The summed E-state index contributed by atoms with van der Waals surface area (Å²) < 4.78 is 0. The zero-order valence-corrected chi connectivity index (χ0v) is 6.09. The number of nitrogens with two attached hydrogens (primary N) is 1. The second-order valence-corrected chi connectivity index (χ2v) is 1.90. The van der Waals surface area contributed by atoms with Crippen molar-refractivity contribution in [3.05, 3.63) is 36.1 Å².